The zero-order valence-electron chi connectivity index (χ0n) is 11.1. The van der Waals surface area contributed by atoms with Gasteiger partial charge in [-0.2, -0.15) is 13.2 Å². The minimum absolute atomic E-state index is 0.233. The Balaban J connectivity index is 2.12. The lowest BCUT2D eigenvalue weighted by molar-refractivity contribution is -0.137. The highest BCUT2D eigenvalue weighted by atomic mass is 19.4. The number of hydrogen-bond donors (Lipinski definition) is 3. The van der Waals surface area contributed by atoms with Crippen LogP contribution >= 0.6 is 0 Å². The van der Waals surface area contributed by atoms with Crippen molar-refractivity contribution in [2.24, 2.45) is 0 Å². The molecule has 1 aromatic heterocycles. The third-order valence-corrected chi connectivity index (χ3v) is 3.53. The fourth-order valence-electron chi connectivity index (χ4n) is 2.44. The summed E-state index contributed by atoms with van der Waals surface area (Å²) in [7, 11) is 0. The largest absolute Gasteiger partial charge is 0.417 e. The first-order chi connectivity index (χ1) is 9.70. The van der Waals surface area contributed by atoms with Crippen LogP contribution in [-0.4, -0.2) is 21.6 Å². The molecule has 0 saturated heterocycles. The Morgan fingerprint density at radius 3 is 2.57 bits per heavy atom. The Labute approximate surface area is 118 Å². The van der Waals surface area contributed by atoms with Gasteiger partial charge < -0.3 is 15.4 Å². The van der Waals surface area contributed by atoms with Crippen LogP contribution in [0.5, 0.6) is 0 Å². The summed E-state index contributed by atoms with van der Waals surface area (Å²) in [6, 6.07) is 0.579. The van der Waals surface area contributed by atoms with E-state index < -0.39 is 34.5 Å². The summed E-state index contributed by atoms with van der Waals surface area (Å²) in [4.78, 5) is 25.2. The molecule has 0 atom stereocenters. The number of anilines is 1. The molecule has 0 spiro atoms. The zero-order chi connectivity index (χ0) is 15.7. The molecule has 21 heavy (non-hydrogen) atoms. The Kier molecular flexibility index (Phi) is 4.08. The van der Waals surface area contributed by atoms with E-state index in [0.29, 0.717) is 25.1 Å². The van der Waals surface area contributed by atoms with E-state index in [1.807, 2.05) is 4.98 Å². The van der Waals surface area contributed by atoms with E-state index in [0.717, 1.165) is 12.8 Å². The number of nitrogens with one attached hydrogen (secondary N) is 2. The Bertz CT molecular complexity index is 589. The maximum Gasteiger partial charge on any atom is 0.417 e. The van der Waals surface area contributed by atoms with Gasteiger partial charge >= 0.3 is 6.18 Å². The number of aromatic amines is 1. The summed E-state index contributed by atoms with van der Waals surface area (Å²) in [6.45, 7) is 0. The van der Waals surface area contributed by atoms with Crippen molar-refractivity contribution in [3.8, 4) is 0 Å². The van der Waals surface area contributed by atoms with E-state index in [1.54, 1.807) is 0 Å². The average Bonchev–Trinajstić information content (AvgIpc) is 2.77. The molecule has 0 aromatic carbocycles. The second-order valence-corrected chi connectivity index (χ2v) is 5.29. The molecule has 1 amide bonds. The topological polar surface area (TPSA) is 82.2 Å². The first kappa shape index (κ1) is 15.6. The van der Waals surface area contributed by atoms with Crippen LogP contribution in [0, 0.1) is 0 Å². The average molecular weight is 304 g/mol. The number of hydrogen-bond acceptors (Lipinski definition) is 3. The predicted octanol–water partition coefficient (Wildman–Crippen LogP) is 2.03. The van der Waals surface area contributed by atoms with Gasteiger partial charge in [-0.15, -0.1) is 0 Å². The molecule has 1 aliphatic rings. The van der Waals surface area contributed by atoms with Gasteiger partial charge in [-0.05, 0) is 18.9 Å². The van der Waals surface area contributed by atoms with E-state index in [9.17, 15) is 27.9 Å². The number of halogens is 3. The van der Waals surface area contributed by atoms with Crippen LogP contribution in [0.4, 0.5) is 18.9 Å². The quantitative estimate of drug-likeness (QED) is 0.799. The standard InChI is InChI=1S/C13H15F3N2O3/c14-13(15,16)8-5-9(11(20)17-7-8)18-10(19)6-12(21)3-1-2-4-12/h5,7,21H,1-4,6H2,(H,17,20)(H,18,19). The molecular weight excluding hydrogens is 289 g/mol. The number of carbonyl (C=O) groups excluding carboxylic acids is 1. The molecule has 0 unspecified atom stereocenters. The van der Waals surface area contributed by atoms with Crippen molar-refractivity contribution < 1.29 is 23.1 Å². The van der Waals surface area contributed by atoms with Crippen molar-refractivity contribution in [1.29, 1.82) is 0 Å². The lowest BCUT2D eigenvalue weighted by atomic mass is 9.97. The molecular formula is C13H15F3N2O3. The second kappa shape index (κ2) is 5.51. The fourth-order valence-corrected chi connectivity index (χ4v) is 2.44. The zero-order valence-corrected chi connectivity index (χ0v) is 11.1. The van der Waals surface area contributed by atoms with Gasteiger partial charge in [0.1, 0.15) is 5.69 Å². The molecule has 1 aliphatic carbocycles. The number of alkyl halides is 3. The molecule has 1 aromatic rings. The third-order valence-electron chi connectivity index (χ3n) is 3.53. The van der Waals surface area contributed by atoms with E-state index in [1.165, 1.54) is 0 Å². The van der Waals surface area contributed by atoms with Crippen molar-refractivity contribution in [2.75, 3.05) is 5.32 Å². The minimum atomic E-state index is -4.62. The van der Waals surface area contributed by atoms with E-state index in [-0.39, 0.29) is 6.42 Å². The van der Waals surface area contributed by atoms with Gasteiger partial charge in [-0.1, -0.05) is 12.8 Å². The molecule has 0 bridgehead atoms. The lowest BCUT2D eigenvalue weighted by Gasteiger charge is -2.21. The van der Waals surface area contributed by atoms with Crippen molar-refractivity contribution in [2.45, 2.75) is 43.9 Å². The van der Waals surface area contributed by atoms with Crippen LogP contribution < -0.4 is 10.9 Å². The second-order valence-electron chi connectivity index (χ2n) is 5.29. The SMILES string of the molecule is O=C(CC1(O)CCCC1)Nc1cc(C(F)(F)F)c[nH]c1=O. The first-order valence-corrected chi connectivity index (χ1v) is 6.52. The van der Waals surface area contributed by atoms with Crippen LogP contribution in [0.15, 0.2) is 17.1 Å². The van der Waals surface area contributed by atoms with Crippen LogP contribution in [-0.2, 0) is 11.0 Å². The van der Waals surface area contributed by atoms with Crippen LogP contribution in [0.1, 0.15) is 37.7 Å². The third kappa shape index (κ3) is 3.84. The molecule has 1 saturated carbocycles. The minimum Gasteiger partial charge on any atom is -0.389 e. The summed E-state index contributed by atoms with van der Waals surface area (Å²) in [5.41, 5.74) is -3.48. The van der Waals surface area contributed by atoms with Crippen molar-refractivity contribution in [3.63, 3.8) is 0 Å². The number of rotatable bonds is 3. The van der Waals surface area contributed by atoms with Crippen molar-refractivity contribution in [3.05, 3.63) is 28.2 Å². The smallest absolute Gasteiger partial charge is 0.389 e. The van der Waals surface area contributed by atoms with Crippen molar-refractivity contribution >= 4 is 11.6 Å². The number of amides is 1. The fraction of sp³-hybridized carbons (Fsp3) is 0.538. The van der Waals surface area contributed by atoms with Crippen LogP contribution in [0.25, 0.3) is 0 Å². The van der Waals surface area contributed by atoms with E-state index in [4.69, 9.17) is 0 Å². The van der Waals surface area contributed by atoms with E-state index in [2.05, 4.69) is 5.32 Å². The molecule has 8 heteroatoms. The summed E-state index contributed by atoms with van der Waals surface area (Å²) in [5, 5.41) is 12.2. The summed E-state index contributed by atoms with van der Waals surface area (Å²) in [5.74, 6) is -0.677. The van der Waals surface area contributed by atoms with Gasteiger partial charge in [0.2, 0.25) is 5.91 Å². The highest BCUT2D eigenvalue weighted by Gasteiger charge is 2.34. The maximum atomic E-state index is 12.6. The molecule has 5 nitrogen and oxygen atoms in total. The molecule has 3 N–H and O–H groups in total. The van der Waals surface area contributed by atoms with Gasteiger partial charge in [-0.3, -0.25) is 9.59 Å². The van der Waals surface area contributed by atoms with Gasteiger partial charge in [0, 0.05) is 6.20 Å². The predicted molar refractivity (Wildman–Crippen MR) is 68.7 cm³/mol. The number of pyridine rings is 1. The van der Waals surface area contributed by atoms with E-state index >= 15 is 0 Å². The van der Waals surface area contributed by atoms with Gasteiger partial charge in [0.25, 0.3) is 5.56 Å². The Hall–Kier alpha value is -1.83. The Morgan fingerprint density at radius 2 is 2.00 bits per heavy atom. The summed E-state index contributed by atoms with van der Waals surface area (Å²) in [6.07, 6.45) is -1.76. The monoisotopic (exact) mass is 304 g/mol. The van der Waals surface area contributed by atoms with Crippen LogP contribution in [0.2, 0.25) is 0 Å². The lowest BCUT2D eigenvalue weighted by Crippen LogP contribution is -2.32. The van der Waals surface area contributed by atoms with Crippen LogP contribution in [0.3, 0.4) is 0 Å². The van der Waals surface area contributed by atoms with Gasteiger partial charge in [-0.25, -0.2) is 0 Å². The Morgan fingerprint density at radius 1 is 1.38 bits per heavy atom. The summed E-state index contributed by atoms with van der Waals surface area (Å²) < 4.78 is 37.7. The molecule has 0 radical (unpaired) electrons. The first-order valence-electron chi connectivity index (χ1n) is 6.52. The number of aromatic nitrogens is 1. The molecule has 0 aliphatic heterocycles. The normalized spacial score (nSPS) is 17.7. The molecule has 116 valence electrons. The highest BCUT2D eigenvalue weighted by molar-refractivity contribution is 5.91. The molecule has 2 rings (SSSR count). The highest BCUT2D eigenvalue weighted by Crippen LogP contribution is 2.33. The number of H-pyrrole nitrogens is 1. The maximum absolute atomic E-state index is 12.6. The number of carbonyl (C=O) groups is 1. The van der Waals surface area contributed by atoms with Crippen molar-refractivity contribution in [1.82, 2.24) is 4.98 Å². The molecule has 1 fully saturated rings. The van der Waals surface area contributed by atoms with Gasteiger partial charge in [0.05, 0.1) is 17.6 Å². The summed E-state index contributed by atoms with van der Waals surface area (Å²) >= 11 is 0. The molecule has 1 heterocycles. The van der Waals surface area contributed by atoms with Gasteiger partial charge in [0.15, 0.2) is 0 Å². The number of aliphatic hydroxyl groups is 1.